The largest absolute Gasteiger partial charge is 0.483 e. The van der Waals surface area contributed by atoms with Crippen molar-refractivity contribution in [1.29, 1.82) is 0 Å². The van der Waals surface area contributed by atoms with Crippen LogP contribution < -0.4 is 10.3 Å². The maximum Gasteiger partial charge on any atom is 0.268 e. The predicted octanol–water partition coefficient (Wildman–Crippen LogP) is 2.70. The molecule has 19 heavy (non-hydrogen) atoms. The Bertz CT molecular complexity index is 781. The van der Waals surface area contributed by atoms with Crippen LogP contribution in [0.2, 0.25) is 0 Å². The number of ether oxygens (including phenoxy) is 1. The molecule has 0 amide bonds. The van der Waals surface area contributed by atoms with E-state index >= 15 is 0 Å². The number of nitrogens with one attached hydrogen (secondary N) is 1. The monoisotopic (exact) mass is 276 g/mol. The highest BCUT2D eigenvalue weighted by Gasteiger charge is 2.07. The fraction of sp³-hybridized carbons (Fsp3) is 0.0769. The van der Waals surface area contributed by atoms with Crippen molar-refractivity contribution in [3.8, 4) is 5.75 Å². The second-order valence-electron chi connectivity index (χ2n) is 3.87. The Morgan fingerprint density at radius 3 is 3.00 bits per heavy atom. The van der Waals surface area contributed by atoms with Gasteiger partial charge in [0.2, 0.25) is 0 Å². The summed E-state index contributed by atoms with van der Waals surface area (Å²) in [4.78, 5) is 18.6. The van der Waals surface area contributed by atoms with Crippen molar-refractivity contribution in [2.45, 2.75) is 6.61 Å². The van der Waals surface area contributed by atoms with Crippen molar-refractivity contribution >= 4 is 21.6 Å². The number of para-hydroxylation sites is 1. The minimum absolute atomic E-state index is 0.0158. The van der Waals surface area contributed by atoms with E-state index in [0.717, 1.165) is 0 Å². The molecule has 3 rings (SSSR count). The van der Waals surface area contributed by atoms with Crippen LogP contribution in [0.1, 0.15) is 5.82 Å². The van der Waals surface area contributed by atoms with Crippen molar-refractivity contribution in [2.24, 2.45) is 0 Å². The van der Waals surface area contributed by atoms with Gasteiger partial charge in [-0.05, 0) is 23.6 Å². The number of halogens is 1. The molecule has 2 heterocycles. The highest BCUT2D eigenvalue weighted by atomic mass is 32.1. The van der Waals surface area contributed by atoms with Crippen molar-refractivity contribution in [3.05, 3.63) is 57.7 Å². The van der Waals surface area contributed by atoms with Gasteiger partial charge in [-0.1, -0.05) is 12.1 Å². The third kappa shape index (κ3) is 2.34. The fourth-order valence-electron chi connectivity index (χ4n) is 1.70. The first-order valence-corrected chi connectivity index (χ1v) is 6.46. The van der Waals surface area contributed by atoms with Crippen molar-refractivity contribution in [3.63, 3.8) is 0 Å². The molecule has 0 bridgehead atoms. The highest BCUT2D eigenvalue weighted by molar-refractivity contribution is 7.17. The summed E-state index contributed by atoms with van der Waals surface area (Å²) < 4.78 is 19.2. The average molecular weight is 276 g/mol. The third-order valence-electron chi connectivity index (χ3n) is 2.56. The van der Waals surface area contributed by atoms with Crippen LogP contribution in [0.3, 0.4) is 0 Å². The number of thiophene rings is 1. The zero-order valence-electron chi connectivity index (χ0n) is 9.72. The van der Waals surface area contributed by atoms with E-state index in [4.69, 9.17) is 4.74 Å². The molecule has 0 aliphatic heterocycles. The van der Waals surface area contributed by atoms with Crippen LogP contribution in [-0.4, -0.2) is 9.97 Å². The molecule has 3 aromatic rings. The van der Waals surface area contributed by atoms with Gasteiger partial charge in [0, 0.05) is 0 Å². The molecule has 0 spiro atoms. The van der Waals surface area contributed by atoms with Gasteiger partial charge in [-0.2, -0.15) is 0 Å². The van der Waals surface area contributed by atoms with Crippen LogP contribution in [0.5, 0.6) is 5.75 Å². The summed E-state index contributed by atoms with van der Waals surface area (Å²) in [6.45, 7) is 0.0158. The number of nitrogens with zero attached hydrogens (tertiary/aromatic N) is 1. The Morgan fingerprint density at radius 1 is 1.32 bits per heavy atom. The summed E-state index contributed by atoms with van der Waals surface area (Å²) in [6.07, 6.45) is 0. The first-order chi connectivity index (χ1) is 9.24. The minimum atomic E-state index is -0.443. The molecule has 0 aliphatic rings. The van der Waals surface area contributed by atoms with Gasteiger partial charge in [0.05, 0.1) is 5.52 Å². The molecule has 1 N–H and O–H groups in total. The van der Waals surface area contributed by atoms with E-state index in [0.29, 0.717) is 16.0 Å². The lowest BCUT2D eigenvalue weighted by molar-refractivity contribution is 0.281. The van der Waals surface area contributed by atoms with Crippen LogP contribution in [0.25, 0.3) is 10.2 Å². The van der Waals surface area contributed by atoms with E-state index in [2.05, 4.69) is 9.97 Å². The average Bonchev–Trinajstić information content (AvgIpc) is 2.87. The normalized spacial score (nSPS) is 10.8. The molecule has 2 aromatic heterocycles. The van der Waals surface area contributed by atoms with Crippen LogP contribution in [0, 0.1) is 5.82 Å². The number of hydrogen-bond acceptors (Lipinski definition) is 4. The molecule has 0 atom stereocenters. The standard InChI is InChI=1S/C13H9FN2O2S/c14-8-3-1-2-4-10(8)18-7-11-15-9-5-6-19-12(9)13(17)16-11/h1-6H,7H2,(H,15,16,17). The van der Waals surface area contributed by atoms with Crippen molar-refractivity contribution < 1.29 is 9.13 Å². The Morgan fingerprint density at radius 2 is 2.16 bits per heavy atom. The van der Waals surface area contributed by atoms with Crippen LogP contribution in [-0.2, 0) is 6.61 Å². The lowest BCUT2D eigenvalue weighted by Gasteiger charge is -2.06. The van der Waals surface area contributed by atoms with Crippen LogP contribution in [0.15, 0.2) is 40.5 Å². The third-order valence-corrected chi connectivity index (χ3v) is 3.47. The van der Waals surface area contributed by atoms with E-state index < -0.39 is 5.82 Å². The number of aromatic nitrogens is 2. The summed E-state index contributed by atoms with van der Waals surface area (Å²) in [5.41, 5.74) is 0.424. The summed E-state index contributed by atoms with van der Waals surface area (Å²) >= 11 is 1.33. The minimum Gasteiger partial charge on any atom is -0.483 e. The Labute approximate surface area is 111 Å². The van der Waals surface area contributed by atoms with Gasteiger partial charge in [-0.3, -0.25) is 4.79 Å². The smallest absolute Gasteiger partial charge is 0.268 e. The Kier molecular flexibility index (Phi) is 3.00. The van der Waals surface area contributed by atoms with Gasteiger partial charge in [-0.15, -0.1) is 11.3 Å². The molecular formula is C13H9FN2O2S. The maximum absolute atomic E-state index is 13.4. The van der Waals surface area contributed by atoms with E-state index in [9.17, 15) is 9.18 Å². The van der Waals surface area contributed by atoms with Crippen molar-refractivity contribution in [1.82, 2.24) is 9.97 Å². The number of rotatable bonds is 3. The molecule has 0 saturated heterocycles. The van der Waals surface area contributed by atoms with Gasteiger partial charge < -0.3 is 9.72 Å². The lowest BCUT2D eigenvalue weighted by atomic mass is 10.3. The molecular weight excluding hydrogens is 267 g/mol. The lowest BCUT2D eigenvalue weighted by Crippen LogP contribution is -2.12. The molecule has 0 aliphatic carbocycles. The fourth-order valence-corrected chi connectivity index (χ4v) is 2.42. The van der Waals surface area contributed by atoms with Gasteiger partial charge in [0.25, 0.3) is 5.56 Å². The first-order valence-electron chi connectivity index (χ1n) is 5.58. The van der Waals surface area contributed by atoms with E-state index in [-0.39, 0.29) is 17.9 Å². The van der Waals surface area contributed by atoms with E-state index in [1.165, 1.54) is 23.5 Å². The van der Waals surface area contributed by atoms with Gasteiger partial charge in [0.1, 0.15) is 17.1 Å². The molecule has 0 radical (unpaired) electrons. The number of hydrogen-bond donors (Lipinski definition) is 1. The second kappa shape index (κ2) is 4.81. The topological polar surface area (TPSA) is 55.0 Å². The molecule has 1 aromatic carbocycles. The van der Waals surface area contributed by atoms with Gasteiger partial charge in [-0.25, -0.2) is 9.37 Å². The number of benzene rings is 1. The summed E-state index contributed by atoms with van der Waals surface area (Å²) in [5.74, 6) is 0.0659. The number of fused-ring (bicyclic) bond motifs is 1. The zero-order chi connectivity index (χ0) is 13.2. The summed E-state index contributed by atoms with van der Waals surface area (Å²) in [5, 5.41) is 1.80. The molecule has 96 valence electrons. The molecule has 0 unspecified atom stereocenters. The Balaban J connectivity index is 1.86. The SMILES string of the molecule is O=c1[nH]c(COc2ccccc2F)nc2ccsc12. The highest BCUT2D eigenvalue weighted by Crippen LogP contribution is 2.17. The van der Waals surface area contributed by atoms with Gasteiger partial charge in [0.15, 0.2) is 11.6 Å². The quantitative estimate of drug-likeness (QED) is 0.800. The van der Waals surface area contributed by atoms with E-state index in [1.54, 1.807) is 23.6 Å². The zero-order valence-corrected chi connectivity index (χ0v) is 10.5. The number of aromatic amines is 1. The van der Waals surface area contributed by atoms with Gasteiger partial charge >= 0.3 is 0 Å². The first kappa shape index (κ1) is 11.9. The molecule has 4 nitrogen and oxygen atoms in total. The number of H-pyrrole nitrogens is 1. The van der Waals surface area contributed by atoms with E-state index in [1.807, 2.05) is 0 Å². The molecule has 0 saturated carbocycles. The van der Waals surface area contributed by atoms with Crippen molar-refractivity contribution in [2.75, 3.05) is 0 Å². The summed E-state index contributed by atoms with van der Waals surface area (Å²) in [7, 11) is 0. The molecule has 0 fully saturated rings. The summed E-state index contributed by atoms with van der Waals surface area (Å²) in [6, 6.07) is 7.86. The second-order valence-corrected chi connectivity index (χ2v) is 4.78. The molecule has 6 heteroatoms. The maximum atomic E-state index is 13.4. The van der Waals surface area contributed by atoms with Crippen LogP contribution in [0.4, 0.5) is 4.39 Å². The predicted molar refractivity (Wildman–Crippen MR) is 71.0 cm³/mol. The van der Waals surface area contributed by atoms with Crippen LogP contribution >= 0.6 is 11.3 Å². The Hall–Kier alpha value is -2.21.